The molecule has 3 rings (SSSR count). The fourth-order valence-electron chi connectivity index (χ4n) is 3.04. The van der Waals surface area contributed by atoms with Gasteiger partial charge in [-0.1, -0.05) is 6.92 Å². The summed E-state index contributed by atoms with van der Waals surface area (Å²) in [6.07, 6.45) is 4.69. The highest BCUT2D eigenvalue weighted by atomic mass is 32.1. The summed E-state index contributed by atoms with van der Waals surface area (Å²) in [5.74, 6) is -0.463. The van der Waals surface area contributed by atoms with Gasteiger partial charge in [-0.2, -0.15) is 0 Å². The first-order valence-corrected chi connectivity index (χ1v) is 10.8. The molecule has 0 bridgehead atoms. The van der Waals surface area contributed by atoms with Crippen molar-refractivity contribution in [3.05, 3.63) is 37.4 Å². The number of anilines is 1. The molecule has 6 heteroatoms. The minimum Gasteiger partial charge on any atom is -0.459 e. The van der Waals surface area contributed by atoms with Gasteiger partial charge in [0.1, 0.15) is 5.00 Å². The van der Waals surface area contributed by atoms with E-state index in [2.05, 4.69) is 5.32 Å². The molecule has 0 spiro atoms. The summed E-state index contributed by atoms with van der Waals surface area (Å²) in [4.78, 5) is 28.5. The van der Waals surface area contributed by atoms with E-state index in [9.17, 15) is 9.59 Å². The molecule has 4 nitrogen and oxygen atoms in total. The van der Waals surface area contributed by atoms with E-state index in [1.165, 1.54) is 27.6 Å². The van der Waals surface area contributed by atoms with Crippen LogP contribution in [0.25, 0.3) is 0 Å². The van der Waals surface area contributed by atoms with Gasteiger partial charge < -0.3 is 10.1 Å². The number of hydrogen-bond donors (Lipinski definition) is 1. The number of carbonyl (C=O) groups excluding carboxylic acids is 2. The van der Waals surface area contributed by atoms with Crippen LogP contribution in [-0.2, 0) is 17.6 Å². The maximum absolute atomic E-state index is 12.8. The van der Waals surface area contributed by atoms with Gasteiger partial charge in [-0.25, -0.2) is 4.79 Å². The fraction of sp³-hybridized carbons (Fsp3) is 0.500. The Morgan fingerprint density at radius 2 is 1.96 bits per heavy atom. The monoisotopic (exact) mass is 391 g/mol. The Kier molecular flexibility index (Phi) is 5.82. The fourth-order valence-corrected chi connectivity index (χ4v) is 5.25. The number of thiophene rings is 2. The lowest BCUT2D eigenvalue weighted by molar-refractivity contribution is 0.0335. The van der Waals surface area contributed by atoms with Crippen LogP contribution < -0.4 is 5.32 Å². The first kappa shape index (κ1) is 19.1. The Hall–Kier alpha value is -1.66. The van der Waals surface area contributed by atoms with Crippen LogP contribution in [0.5, 0.6) is 0 Å². The summed E-state index contributed by atoms with van der Waals surface area (Å²) in [6, 6.07) is 1.90. The van der Waals surface area contributed by atoms with Crippen molar-refractivity contribution in [2.24, 2.45) is 0 Å². The Labute approximate surface area is 162 Å². The van der Waals surface area contributed by atoms with Crippen molar-refractivity contribution in [2.45, 2.75) is 65.9 Å². The second-order valence-electron chi connectivity index (χ2n) is 6.84. The molecule has 1 atom stereocenters. The molecule has 2 heterocycles. The van der Waals surface area contributed by atoms with E-state index in [4.69, 9.17) is 4.74 Å². The third-order valence-electron chi connectivity index (χ3n) is 4.88. The van der Waals surface area contributed by atoms with Gasteiger partial charge in [0.2, 0.25) is 0 Å². The van der Waals surface area contributed by atoms with Crippen LogP contribution in [0.1, 0.15) is 74.0 Å². The first-order valence-electron chi connectivity index (χ1n) is 9.14. The molecule has 0 aromatic carbocycles. The average molecular weight is 392 g/mol. The van der Waals surface area contributed by atoms with Crippen molar-refractivity contribution >= 4 is 39.6 Å². The quantitative estimate of drug-likeness (QED) is 0.684. The minimum absolute atomic E-state index is 0.132. The zero-order valence-corrected chi connectivity index (χ0v) is 17.4. The summed E-state index contributed by atoms with van der Waals surface area (Å²) in [5.41, 5.74) is 2.76. The lowest BCUT2D eigenvalue weighted by Crippen LogP contribution is -2.18. The largest absolute Gasteiger partial charge is 0.459 e. The summed E-state index contributed by atoms with van der Waals surface area (Å²) >= 11 is 3.01. The van der Waals surface area contributed by atoms with Crippen LogP contribution in [0.15, 0.2) is 6.07 Å². The van der Waals surface area contributed by atoms with E-state index >= 15 is 0 Å². The number of esters is 1. The molecule has 1 amide bonds. The second-order valence-corrected chi connectivity index (χ2v) is 9.20. The SMILES string of the molecule is CCC(C)OC(=O)c1c(NC(=O)c2cc(C)c(C)s2)sc2c1CCCC2. The molecule has 0 aliphatic heterocycles. The van der Waals surface area contributed by atoms with Gasteiger partial charge in [-0.3, -0.25) is 4.79 Å². The molecule has 1 unspecified atom stereocenters. The molecule has 0 radical (unpaired) electrons. The molecule has 2 aromatic heterocycles. The maximum Gasteiger partial charge on any atom is 0.341 e. The van der Waals surface area contributed by atoms with Gasteiger partial charge in [0.15, 0.2) is 0 Å². The summed E-state index contributed by atoms with van der Waals surface area (Å²) in [6.45, 7) is 7.90. The molecule has 0 fully saturated rings. The van der Waals surface area contributed by atoms with Gasteiger partial charge in [0.25, 0.3) is 5.91 Å². The molecular formula is C20H25NO3S2. The summed E-state index contributed by atoms with van der Waals surface area (Å²) in [5, 5.41) is 3.62. The predicted octanol–water partition coefficient (Wildman–Crippen LogP) is 5.51. The average Bonchev–Trinajstić information content (AvgIpc) is 3.14. The van der Waals surface area contributed by atoms with Crippen molar-refractivity contribution in [3.8, 4) is 0 Å². The number of rotatable bonds is 5. The van der Waals surface area contributed by atoms with Crippen LogP contribution >= 0.6 is 22.7 Å². The van der Waals surface area contributed by atoms with Gasteiger partial charge >= 0.3 is 5.97 Å². The Balaban J connectivity index is 1.91. The zero-order chi connectivity index (χ0) is 18.8. The van der Waals surface area contributed by atoms with Crippen LogP contribution in [0.4, 0.5) is 5.00 Å². The molecular weight excluding hydrogens is 366 g/mol. The van der Waals surface area contributed by atoms with E-state index in [0.29, 0.717) is 15.4 Å². The van der Waals surface area contributed by atoms with Crippen molar-refractivity contribution < 1.29 is 14.3 Å². The smallest absolute Gasteiger partial charge is 0.341 e. The number of amides is 1. The van der Waals surface area contributed by atoms with Crippen LogP contribution in [-0.4, -0.2) is 18.0 Å². The number of carbonyl (C=O) groups is 2. The van der Waals surface area contributed by atoms with Crippen molar-refractivity contribution in [1.29, 1.82) is 0 Å². The van der Waals surface area contributed by atoms with Crippen molar-refractivity contribution in [1.82, 2.24) is 0 Å². The molecule has 1 aliphatic rings. The van der Waals surface area contributed by atoms with Crippen molar-refractivity contribution in [2.75, 3.05) is 5.32 Å². The van der Waals surface area contributed by atoms with E-state index < -0.39 is 0 Å². The normalized spacial score (nSPS) is 14.6. The minimum atomic E-state index is -0.312. The third kappa shape index (κ3) is 3.86. The number of ether oxygens (including phenoxy) is 1. The third-order valence-corrected chi connectivity index (χ3v) is 7.23. The molecule has 0 saturated carbocycles. The van der Waals surface area contributed by atoms with Crippen LogP contribution in [0.2, 0.25) is 0 Å². The van der Waals surface area contributed by atoms with Gasteiger partial charge in [-0.05, 0) is 70.1 Å². The molecule has 2 aromatic rings. The van der Waals surface area contributed by atoms with Crippen LogP contribution in [0.3, 0.4) is 0 Å². The van der Waals surface area contributed by atoms with E-state index in [1.54, 1.807) is 0 Å². The number of nitrogens with one attached hydrogen (secondary N) is 1. The lowest BCUT2D eigenvalue weighted by atomic mass is 9.95. The van der Waals surface area contributed by atoms with Gasteiger partial charge in [-0.15, -0.1) is 22.7 Å². The summed E-state index contributed by atoms with van der Waals surface area (Å²) < 4.78 is 5.58. The maximum atomic E-state index is 12.8. The Morgan fingerprint density at radius 1 is 1.23 bits per heavy atom. The Bertz CT molecular complexity index is 815. The van der Waals surface area contributed by atoms with Gasteiger partial charge in [0, 0.05) is 9.75 Å². The first-order chi connectivity index (χ1) is 12.4. The summed E-state index contributed by atoms with van der Waals surface area (Å²) in [7, 11) is 0. The predicted molar refractivity (Wildman–Crippen MR) is 108 cm³/mol. The van der Waals surface area contributed by atoms with Gasteiger partial charge in [0.05, 0.1) is 16.5 Å². The molecule has 26 heavy (non-hydrogen) atoms. The number of aryl methyl sites for hydroxylation is 3. The van der Waals surface area contributed by atoms with E-state index in [-0.39, 0.29) is 18.0 Å². The highest BCUT2D eigenvalue weighted by Gasteiger charge is 2.28. The number of hydrogen-bond acceptors (Lipinski definition) is 5. The standard InChI is InChI=1S/C20H25NO3S2/c1-5-12(3)24-20(23)17-14-8-6-7-9-15(14)26-19(17)21-18(22)16-10-11(2)13(4)25-16/h10,12H,5-9H2,1-4H3,(H,21,22). The van der Waals surface area contributed by atoms with E-state index in [1.807, 2.05) is 33.8 Å². The Morgan fingerprint density at radius 3 is 2.62 bits per heavy atom. The molecule has 1 N–H and O–H groups in total. The molecule has 140 valence electrons. The van der Waals surface area contributed by atoms with E-state index in [0.717, 1.165) is 48.1 Å². The topological polar surface area (TPSA) is 55.4 Å². The highest BCUT2D eigenvalue weighted by molar-refractivity contribution is 7.17. The highest BCUT2D eigenvalue weighted by Crippen LogP contribution is 2.39. The van der Waals surface area contributed by atoms with Crippen molar-refractivity contribution in [3.63, 3.8) is 0 Å². The zero-order valence-electron chi connectivity index (χ0n) is 15.7. The second kappa shape index (κ2) is 7.92. The molecule has 0 saturated heterocycles. The lowest BCUT2D eigenvalue weighted by Gasteiger charge is -2.15. The van der Waals surface area contributed by atoms with Crippen LogP contribution in [0, 0.1) is 13.8 Å². The number of fused-ring (bicyclic) bond motifs is 1. The molecule has 1 aliphatic carbocycles.